The summed E-state index contributed by atoms with van der Waals surface area (Å²) in [4.78, 5) is 0. The zero-order valence-corrected chi connectivity index (χ0v) is 18.3. The molecule has 0 heteroatoms. The molecule has 0 saturated carbocycles. The van der Waals surface area contributed by atoms with Crippen LogP contribution in [0.4, 0.5) is 0 Å². The van der Waals surface area contributed by atoms with Crippen LogP contribution in [0.15, 0.2) is 73.8 Å². The maximum absolute atomic E-state index is 3.97. The fourth-order valence-electron chi connectivity index (χ4n) is 5.57. The first-order valence-electron chi connectivity index (χ1n) is 11.2. The van der Waals surface area contributed by atoms with E-state index in [1.165, 1.54) is 75.8 Å². The zero-order valence-electron chi connectivity index (χ0n) is 18.3. The predicted octanol–water partition coefficient (Wildman–Crippen LogP) is 9.38. The average molecular weight is 407 g/mol. The molecule has 0 saturated heterocycles. The topological polar surface area (TPSA) is 0 Å². The first kappa shape index (κ1) is 17.7. The van der Waals surface area contributed by atoms with Gasteiger partial charge >= 0.3 is 0 Å². The van der Waals surface area contributed by atoms with E-state index >= 15 is 0 Å². The van der Waals surface area contributed by atoms with E-state index in [0.29, 0.717) is 0 Å². The molecule has 0 bridgehead atoms. The summed E-state index contributed by atoms with van der Waals surface area (Å²) >= 11 is 0. The van der Waals surface area contributed by atoms with Gasteiger partial charge in [0.1, 0.15) is 0 Å². The summed E-state index contributed by atoms with van der Waals surface area (Å²) in [5.41, 5.74) is 5.00. The molecule has 0 aliphatic carbocycles. The lowest BCUT2D eigenvalue weighted by molar-refractivity contribution is 1.37. The van der Waals surface area contributed by atoms with Crippen molar-refractivity contribution < 1.29 is 0 Å². The summed E-state index contributed by atoms with van der Waals surface area (Å²) in [7, 11) is 0. The Balaban J connectivity index is 1.52. The first-order valence-corrected chi connectivity index (χ1v) is 11.2. The van der Waals surface area contributed by atoms with Crippen molar-refractivity contribution in [3.05, 3.63) is 96.1 Å². The highest BCUT2D eigenvalue weighted by molar-refractivity contribution is 6.32. The number of aryl methyl sites for hydroxylation is 2. The Morgan fingerprint density at radius 2 is 0.656 bits per heavy atom. The van der Waals surface area contributed by atoms with Gasteiger partial charge in [-0.2, -0.15) is 0 Å². The minimum atomic E-state index is 1.15. The fraction of sp³-hybridized carbons (Fsp3) is 0.0625. The van der Waals surface area contributed by atoms with E-state index in [1.807, 2.05) is 12.2 Å². The van der Waals surface area contributed by atoms with Crippen molar-refractivity contribution in [3.63, 3.8) is 0 Å². The molecule has 0 spiro atoms. The van der Waals surface area contributed by atoms with E-state index in [-0.39, 0.29) is 0 Å². The Bertz CT molecular complexity index is 1770. The van der Waals surface area contributed by atoms with Crippen LogP contribution in [-0.4, -0.2) is 0 Å². The molecular weight excluding hydrogens is 384 g/mol. The third-order valence-electron chi connectivity index (χ3n) is 7.53. The lowest BCUT2D eigenvalue weighted by Crippen LogP contribution is -1.91. The van der Waals surface area contributed by atoms with Crippen LogP contribution in [-0.2, 0) is 0 Å². The Hall–Kier alpha value is -3.90. The van der Waals surface area contributed by atoms with Gasteiger partial charge in [0.15, 0.2) is 0 Å². The molecule has 150 valence electrons. The van der Waals surface area contributed by atoms with E-state index in [9.17, 15) is 0 Å². The van der Waals surface area contributed by atoms with Gasteiger partial charge in [-0.15, -0.1) is 0 Å². The molecule has 0 N–H and O–H groups in total. The molecule has 7 aromatic carbocycles. The van der Waals surface area contributed by atoms with Gasteiger partial charge in [0, 0.05) is 0 Å². The van der Waals surface area contributed by atoms with Crippen molar-refractivity contribution in [2.75, 3.05) is 0 Å². The van der Waals surface area contributed by atoms with Gasteiger partial charge in [-0.05, 0) is 149 Å². The molecule has 0 aliphatic heterocycles. The van der Waals surface area contributed by atoms with Crippen LogP contribution in [0, 0.1) is 13.8 Å². The molecular formula is C32H22. The average Bonchev–Trinajstić information content (AvgIpc) is 2.80. The molecule has 0 nitrogen and oxygen atoms in total. The highest BCUT2D eigenvalue weighted by Crippen LogP contribution is 2.44. The molecule has 0 aliphatic rings. The summed E-state index contributed by atoms with van der Waals surface area (Å²) in [6.45, 7) is 12.3. The fourth-order valence-corrected chi connectivity index (χ4v) is 5.57. The second-order valence-electron chi connectivity index (χ2n) is 9.26. The zero-order chi connectivity index (χ0) is 21.7. The van der Waals surface area contributed by atoms with Crippen molar-refractivity contribution >= 4 is 76.8 Å². The van der Waals surface area contributed by atoms with Crippen molar-refractivity contribution in [2.45, 2.75) is 13.8 Å². The molecule has 0 radical (unpaired) electrons. The molecule has 0 amide bonds. The summed E-state index contributed by atoms with van der Waals surface area (Å²) < 4.78 is 0. The second-order valence-corrected chi connectivity index (χ2v) is 9.26. The van der Waals surface area contributed by atoms with Crippen LogP contribution in [0.25, 0.3) is 76.8 Å². The Labute approximate surface area is 186 Å². The molecule has 0 atom stereocenters. The highest BCUT2D eigenvalue weighted by atomic mass is 14.2. The summed E-state index contributed by atoms with van der Waals surface area (Å²) in [6.07, 6.45) is 3.84. The monoisotopic (exact) mass is 406 g/mol. The Kier molecular flexibility index (Phi) is 3.25. The number of benzene rings is 5. The van der Waals surface area contributed by atoms with Gasteiger partial charge in [-0.3, -0.25) is 0 Å². The minimum Gasteiger partial charge on any atom is -0.0984 e. The van der Waals surface area contributed by atoms with Crippen molar-refractivity contribution in [1.82, 2.24) is 0 Å². The largest absolute Gasteiger partial charge is 0.0984 e. The third-order valence-corrected chi connectivity index (χ3v) is 7.53. The van der Waals surface area contributed by atoms with Crippen LogP contribution >= 0.6 is 0 Å². The second kappa shape index (κ2) is 5.87. The van der Waals surface area contributed by atoms with Gasteiger partial charge in [0.05, 0.1) is 0 Å². The van der Waals surface area contributed by atoms with Gasteiger partial charge in [0.25, 0.3) is 0 Å². The van der Waals surface area contributed by atoms with Crippen LogP contribution in [0.5, 0.6) is 0 Å². The lowest BCUT2D eigenvalue weighted by Gasteiger charge is -2.18. The van der Waals surface area contributed by atoms with Gasteiger partial charge in [-0.1, -0.05) is 37.4 Å². The van der Waals surface area contributed by atoms with Crippen LogP contribution in [0.1, 0.15) is 22.3 Å². The van der Waals surface area contributed by atoms with E-state index in [4.69, 9.17) is 0 Å². The SMILES string of the molecule is C=Cc1cc2c(cc1C=C)c1cc3cc4c5cc6cc(C)c(C)cc6cc5c4cc3cc21. The maximum Gasteiger partial charge on any atom is -0.00923 e. The highest BCUT2D eigenvalue weighted by Gasteiger charge is 2.16. The Morgan fingerprint density at radius 3 is 0.938 bits per heavy atom. The first-order chi connectivity index (χ1) is 15.6. The van der Waals surface area contributed by atoms with Crippen LogP contribution in [0.3, 0.4) is 0 Å². The van der Waals surface area contributed by atoms with E-state index in [2.05, 4.69) is 87.7 Å². The molecule has 7 aromatic rings. The standard InChI is InChI=1S/C32H22/c1-5-19-9-25-26(10-20(19)6-2)30-14-24-16-32-28-12-22-8-18(4)17(3)7-21(22)11-27(28)31(32)15-23(24)13-29(25)30/h5-16H,1-2H2,3-4H3. The molecule has 0 unspecified atom stereocenters. The van der Waals surface area contributed by atoms with Crippen LogP contribution < -0.4 is 0 Å². The third kappa shape index (κ3) is 2.12. The van der Waals surface area contributed by atoms with E-state index in [1.54, 1.807) is 0 Å². The predicted molar refractivity (Wildman–Crippen MR) is 144 cm³/mol. The molecule has 0 heterocycles. The maximum atomic E-state index is 3.97. The van der Waals surface area contributed by atoms with Crippen molar-refractivity contribution in [3.8, 4) is 0 Å². The molecule has 0 fully saturated rings. The summed E-state index contributed by atoms with van der Waals surface area (Å²) in [5, 5.41) is 16.1. The number of fused-ring (bicyclic) bond motifs is 10. The van der Waals surface area contributed by atoms with E-state index < -0.39 is 0 Å². The summed E-state index contributed by atoms with van der Waals surface area (Å²) in [6, 6.07) is 23.4. The molecule has 7 rings (SSSR count). The van der Waals surface area contributed by atoms with Crippen LogP contribution in [0.2, 0.25) is 0 Å². The van der Waals surface area contributed by atoms with Gasteiger partial charge < -0.3 is 0 Å². The number of rotatable bonds is 2. The van der Waals surface area contributed by atoms with Crippen molar-refractivity contribution in [2.24, 2.45) is 0 Å². The number of hydrogen-bond acceptors (Lipinski definition) is 0. The normalized spacial score (nSPS) is 12.3. The van der Waals surface area contributed by atoms with Gasteiger partial charge in [-0.25, -0.2) is 0 Å². The number of hydrogen-bond donors (Lipinski definition) is 0. The van der Waals surface area contributed by atoms with E-state index in [0.717, 1.165) is 11.1 Å². The summed E-state index contributed by atoms with van der Waals surface area (Å²) in [5.74, 6) is 0. The smallest absolute Gasteiger partial charge is 0.00923 e. The lowest BCUT2D eigenvalue weighted by atomic mass is 9.85. The Morgan fingerprint density at radius 1 is 0.406 bits per heavy atom. The minimum absolute atomic E-state index is 1.15. The van der Waals surface area contributed by atoms with Crippen molar-refractivity contribution in [1.29, 1.82) is 0 Å². The molecule has 32 heavy (non-hydrogen) atoms. The quantitative estimate of drug-likeness (QED) is 0.268. The molecule has 0 aromatic heterocycles. The van der Waals surface area contributed by atoms with Gasteiger partial charge in [0.2, 0.25) is 0 Å².